The first-order valence-electron chi connectivity index (χ1n) is 7.69. The number of rotatable bonds is 3. The van der Waals surface area contributed by atoms with Gasteiger partial charge >= 0.3 is 0 Å². The standard InChI is InChI=1S/C18H19FN2O2/c1-13-3-2-4-16(20-13)21-17(22)18(9-11-23-12-10-18)14-5-7-15(19)8-6-14/h2-8H,9-12H2,1H3,(H,20,21,22). The number of nitrogens with one attached hydrogen (secondary N) is 1. The molecule has 1 aromatic carbocycles. The summed E-state index contributed by atoms with van der Waals surface area (Å²) in [6.45, 7) is 2.89. The van der Waals surface area contributed by atoms with Crippen LogP contribution < -0.4 is 5.32 Å². The molecule has 1 saturated heterocycles. The SMILES string of the molecule is Cc1cccc(NC(=O)C2(c3ccc(F)cc3)CCOCC2)n1. The van der Waals surface area contributed by atoms with Crippen LogP contribution in [0.5, 0.6) is 0 Å². The van der Waals surface area contributed by atoms with Gasteiger partial charge in [-0.15, -0.1) is 0 Å². The fourth-order valence-electron chi connectivity index (χ4n) is 2.98. The molecule has 1 aliphatic heterocycles. The van der Waals surface area contributed by atoms with E-state index in [0.717, 1.165) is 11.3 Å². The first-order chi connectivity index (χ1) is 11.1. The third-order valence-electron chi connectivity index (χ3n) is 4.31. The lowest BCUT2D eigenvalue weighted by Gasteiger charge is -2.36. The Balaban J connectivity index is 1.92. The number of carbonyl (C=O) groups excluding carboxylic acids is 1. The van der Waals surface area contributed by atoms with Crippen LogP contribution in [0.1, 0.15) is 24.1 Å². The highest BCUT2D eigenvalue weighted by Gasteiger charge is 2.41. The number of amides is 1. The summed E-state index contributed by atoms with van der Waals surface area (Å²) in [6, 6.07) is 11.7. The number of benzene rings is 1. The molecule has 0 radical (unpaired) electrons. The smallest absolute Gasteiger partial charge is 0.236 e. The summed E-state index contributed by atoms with van der Waals surface area (Å²) in [4.78, 5) is 17.3. The van der Waals surface area contributed by atoms with Crippen molar-refractivity contribution in [1.29, 1.82) is 0 Å². The van der Waals surface area contributed by atoms with Crippen LogP contribution in [0.15, 0.2) is 42.5 Å². The first-order valence-corrected chi connectivity index (χ1v) is 7.69. The van der Waals surface area contributed by atoms with E-state index in [1.165, 1.54) is 12.1 Å². The molecule has 1 fully saturated rings. The third-order valence-corrected chi connectivity index (χ3v) is 4.31. The molecule has 0 spiro atoms. The van der Waals surface area contributed by atoms with Crippen molar-refractivity contribution >= 4 is 11.7 Å². The molecule has 0 saturated carbocycles. The minimum absolute atomic E-state index is 0.120. The predicted molar refractivity (Wildman–Crippen MR) is 85.7 cm³/mol. The van der Waals surface area contributed by atoms with Gasteiger partial charge in [0.15, 0.2) is 0 Å². The molecule has 2 aromatic rings. The number of anilines is 1. The van der Waals surface area contributed by atoms with Gasteiger partial charge in [0.1, 0.15) is 11.6 Å². The van der Waals surface area contributed by atoms with E-state index in [2.05, 4.69) is 10.3 Å². The summed E-state index contributed by atoms with van der Waals surface area (Å²) in [5.41, 5.74) is 0.940. The molecule has 3 rings (SSSR count). The summed E-state index contributed by atoms with van der Waals surface area (Å²) in [5.74, 6) is 0.102. The minimum Gasteiger partial charge on any atom is -0.381 e. The van der Waals surface area contributed by atoms with Crippen molar-refractivity contribution < 1.29 is 13.9 Å². The van der Waals surface area contributed by atoms with Gasteiger partial charge in [-0.2, -0.15) is 0 Å². The number of hydrogen-bond donors (Lipinski definition) is 1. The van der Waals surface area contributed by atoms with Crippen LogP contribution in [-0.4, -0.2) is 24.1 Å². The summed E-state index contributed by atoms with van der Waals surface area (Å²) >= 11 is 0. The van der Waals surface area contributed by atoms with Crippen molar-refractivity contribution in [2.45, 2.75) is 25.2 Å². The molecule has 0 atom stereocenters. The molecular formula is C18H19FN2O2. The lowest BCUT2D eigenvalue weighted by atomic mass is 9.73. The highest BCUT2D eigenvalue weighted by molar-refractivity contribution is 5.98. The average molecular weight is 314 g/mol. The second kappa shape index (κ2) is 6.46. The Bertz CT molecular complexity index is 694. The van der Waals surface area contributed by atoms with Gasteiger partial charge in [-0.1, -0.05) is 18.2 Å². The normalized spacial score (nSPS) is 16.8. The Labute approximate surface area is 134 Å². The molecule has 120 valence electrons. The van der Waals surface area contributed by atoms with Gasteiger partial charge in [-0.3, -0.25) is 4.79 Å². The van der Waals surface area contributed by atoms with Gasteiger partial charge in [-0.05, 0) is 49.6 Å². The van der Waals surface area contributed by atoms with Gasteiger partial charge in [0.25, 0.3) is 0 Å². The molecule has 0 unspecified atom stereocenters. The zero-order valence-electron chi connectivity index (χ0n) is 13.0. The number of ether oxygens (including phenoxy) is 1. The van der Waals surface area contributed by atoms with Gasteiger partial charge in [0.05, 0.1) is 5.41 Å². The predicted octanol–water partition coefficient (Wildman–Crippen LogP) is 3.22. The highest BCUT2D eigenvalue weighted by Crippen LogP contribution is 2.36. The molecule has 0 bridgehead atoms. The number of nitrogens with zero attached hydrogens (tertiary/aromatic N) is 1. The topological polar surface area (TPSA) is 51.2 Å². The van der Waals surface area contributed by atoms with E-state index in [-0.39, 0.29) is 11.7 Å². The Morgan fingerprint density at radius 3 is 2.52 bits per heavy atom. The fourth-order valence-corrected chi connectivity index (χ4v) is 2.98. The number of hydrogen-bond acceptors (Lipinski definition) is 3. The zero-order chi connectivity index (χ0) is 16.3. The number of pyridine rings is 1. The maximum atomic E-state index is 13.2. The van der Waals surface area contributed by atoms with E-state index in [4.69, 9.17) is 4.74 Å². The summed E-state index contributed by atoms with van der Waals surface area (Å²) in [5, 5.41) is 2.91. The van der Waals surface area contributed by atoms with Crippen molar-refractivity contribution in [1.82, 2.24) is 4.98 Å². The van der Waals surface area contributed by atoms with Crippen molar-refractivity contribution in [2.24, 2.45) is 0 Å². The lowest BCUT2D eigenvalue weighted by molar-refractivity contribution is -0.125. The molecule has 1 aromatic heterocycles. The zero-order valence-corrected chi connectivity index (χ0v) is 13.0. The van der Waals surface area contributed by atoms with E-state index in [1.807, 2.05) is 19.1 Å². The monoisotopic (exact) mass is 314 g/mol. The summed E-state index contributed by atoms with van der Waals surface area (Å²) in [6.07, 6.45) is 1.13. The second-order valence-electron chi connectivity index (χ2n) is 5.82. The molecule has 23 heavy (non-hydrogen) atoms. The van der Waals surface area contributed by atoms with Gasteiger partial charge in [0, 0.05) is 18.9 Å². The molecule has 2 heterocycles. The molecular weight excluding hydrogens is 295 g/mol. The van der Waals surface area contributed by atoms with Crippen molar-refractivity contribution in [3.8, 4) is 0 Å². The van der Waals surface area contributed by atoms with Gasteiger partial charge < -0.3 is 10.1 Å². The van der Waals surface area contributed by atoms with Crippen LogP contribution in [0.4, 0.5) is 10.2 Å². The Hall–Kier alpha value is -2.27. The number of carbonyl (C=O) groups is 1. The Kier molecular flexibility index (Phi) is 4.39. The Morgan fingerprint density at radius 1 is 1.17 bits per heavy atom. The largest absolute Gasteiger partial charge is 0.381 e. The summed E-state index contributed by atoms with van der Waals surface area (Å²) < 4.78 is 18.7. The second-order valence-corrected chi connectivity index (χ2v) is 5.82. The van der Waals surface area contributed by atoms with Crippen LogP contribution in [0.3, 0.4) is 0 Å². The Morgan fingerprint density at radius 2 is 1.87 bits per heavy atom. The molecule has 4 nitrogen and oxygen atoms in total. The maximum Gasteiger partial charge on any atom is 0.236 e. The van der Waals surface area contributed by atoms with E-state index < -0.39 is 5.41 Å². The van der Waals surface area contributed by atoms with Crippen LogP contribution in [-0.2, 0) is 14.9 Å². The van der Waals surface area contributed by atoms with Crippen LogP contribution in [0.25, 0.3) is 0 Å². The van der Waals surface area contributed by atoms with E-state index in [9.17, 15) is 9.18 Å². The van der Waals surface area contributed by atoms with E-state index >= 15 is 0 Å². The van der Waals surface area contributed by atoms with E-state index in [1.54, 1.807) is 18.2 Å². The molecule has 1 N–H and O–H groups in total. The third kappa shape index (κ3) is 3.24. The van der Waals surface area contributed by atoms with Crippen molar-refractivity contribution in [2.75, 3.05) is 18.5 Å². The fraction of sp³-hybridized carbons (Fsp3) is 0.333. The number of halogens is 1. The average Bonchev–Trinajstić information content (AvgIpc) is 2.56. The van der Waals surface area contributed by atoms with E-state index in [0.29, 0.717) is 31.9 Å². The number of aryl methyl sites for hydroxylation is 1. The quantitative estimate of drug-likeness (QED) is 0.946. The van der Waals surface area contributed by atoms with Crippen molar-refractivity contribution in [3.63, 3.8) is 0 Å². The first kappa shape index (κ1) is 15.6. The highest BCUT2D eigenvalue weighted by atomic mass is 19.1. The maximum absolute atomic E-state index is 13.2. The van der Waals surface area contributed by atoms with Gasteiger partial charge in [0.2, 0.25) is 5.91 Å². The lowest BCUT2D eigenvalue weighted by Crippen LogP contribution is -2.45. The van der Waals surface area contributed by atoms with Crippen LogP contribution >= 0.6 is 0 Å². The molecule has 1 amide bonds. The van der Waals surface area contributed by atoms with Gasteiger partial charge in [-0.25, -0.2) is 9.37 Å². The van der Waals surface area contributed by atoms with Crippen molar-refractivity contribution in [3.05, 3.63) is 59.5 Å². The minimum atomic E-state index is -0.711. The number of aromatic nitrogens is 1. The molecule has 0 aliphatic carbocycles. The van der Waals surface area contributed by atoms with Crippen LogP contribution in [0, 0.1) is 12.7 Å². The molecule has 1 aliphatic rings. The molecule has 5 heteroatoms. The summed E-state index contributed by atoms with van der Waals surface area (Å²) in [7, 11) is 0. The van der Waals surface area contributed by atoms with Crippen LogP contribution in [0.2, 0.25) is 0 Å².